The molecule has 3 heterocycles. The van der Waals surface area contributed by atoms with Gasteiger partial charge in [0.25, 0.3) is 5.92 Å². The molecule has 182 valence electrons. The van der Waals surface area contributed by atoms with Gasteiger partial charge in [0.15, 0.2) is 5.54 Å². The van der Waals surface area contributed by atoms with Crippen molar-refractivity contribution in [3.8, 4) is 11.1 Å². The van der Waals surface area contributed by atoms with Crippen LogP contribution >= 0.6 is 0 Å². The Hall–Kier alpha value is -3.42. The first-order valence-corrected chi connectivity index (χ1v) is 11.8. The van der Waals surface area contributed by atoms with Gasteiger partial charge in [0.1, 0.15) is 6.10 Å². The van der Waals surface area contributed by atoms with Gasteiger partial charge in [0.05, 0.1) is 11.4 Å². The number of cyclic esters (lactones) is 1. The van der Waals surface area contributed by atoms with E-state index in [4.69, 9.17) is 4.74 Å². The maximum absolute atomic E-state index is 15.4. The second kappa shape index (κ2) is 8.36. The van der Waals surface area contributed by atoms with Crippen LogP contribution in [0.3, 0.4) is 0 Å². The average molecular weight is 479 g/mol. The van der Waals surface area contributed by atoms with Crippen LogP contribution in [0.4, 0.5) is 8.78 Å². The Balaban J connectivity index is 1.51. The largest absolute Gasteiger partial charge is 0.460 e. The van der Waals surface area contributed by atoms with Crippen molar-refractivity contribution in [2.24, 2.45) is 17.8 Å². The van der Waals surface area contributed by atoms with E-state index in [1.165, 1.54) is 11.6 Å². The molecule has 2 fully saturated rings. The highest BCUT2D eigenvalue weighted by Crippen LogP contribution is 2.58. The molecular formula is C27H28F2N4O2. The third kappa shape index (κ3) is 3.75. The third-order valence-corrected chi connectivity index (χ3v) is 7.62. The number of rotatable bonds is 4. The summed E-state index contributed by atoms with van der Waals surface area (Å²) in [5.41, 5.74) is 2.84. The molecule has 1 aliphatic carbocycles. The molecule has 0 bridgehead atoms. The van der Waals surface area contributed by atoms with Crippen molar-refractivity contribution in [3.05, 3.63) is 71.8 Å². The molecule has 1 aromatic carbocycles. The lowest BCUT2D eigenvalue weighted by atomic mass is 9.60. The lowest BCUT2D eigenvalue weighted by Gasteiger charge is -2.47. The molecule has 1 aliphatic heterocycles. The number of carbonyl (C=O) groups is 1. The van der Waals surface area contributed by atoms with Gasteiger partial charge in [-0.25, -0.2) is 18.3 Å². The number of allylic oxidation sites excluding steroid dienone is 1. The number of ether oxygens (including phenoxy) is 1. The molecule has 8 heteroatoms. The maximum atomic E-state index is 15.4. The molecule has 0 spiro atoms. The number of benzene rings is 1. The minimum atomic E-state index is -3.10. The Morgan fingerprint density at radius 2 is 1.91 bits per heavy atom. The molecule has 5 rings (SSSR count). The molecule has 1 saturated heterocycles. The fourth-order valence-electron chi connectivity index (χ4n) is 5.73. The molecule has 0 radical (unpaired) electrons. The first-order valence-electron chi connectivity index (χ1n) is 11.8. The van der Waals surface area contributed by atoms with E-state index >= 15 is 8.78 Å². The van der Waals surface area contributed by atoms with Gasteiger partial charge < -0.3 is 4.74 Å². The van der Waals surface area contributed by atoms with E-state index in [0.29, 0.717) is 11.4 Å². The lowest BCUT2D eigenvalue weighted by molar-refractivity contribution is -0.169. The van der Waals surface area contributed by atoms with Crippen LogP contribution in [0, 0.1) is 31.6 Å². The molecule has 2 aliphatic rings. The molecule has 0 N–H and O–H groups in total. The molecular weight excluding hydrogens is 450 g/mol. The van der Waals surface area contributed by atoms with Crippen LogP contribution in [0.25, 0.3) is 17.2 Å². The van der Waals surface area contributed by atoms with E-state index < -0.39 is 47.7 Å². The number of aromatic nitrogens is 4. The van der Waals surface area contributed by atoms with Gasteiger partial charge in [-0.1, -0.05) is 48.5 Å². The monoisotopic (exact) mass is 478 g/mol. The van der Waals surface area contributed by atoms with Crippen LogP contribution in [0.5, 0.6) is 0 Å². The number of nitrogens with zero attached hydrogens (tertiary/aromatic N) is 4. The van der Waals surface area contributed by atoms with Gasteiger partial charge in [-0.3, -0.25) is 4.98 Å². The van der Waals surface area contributed by atoms with Crippen LogP contribution in [0.15, 0.2) is 54.9 Å². The summed E-state index contributed by atoms with van der Waals surface area (Å²) in [5.74, 6) is -5.93. The van der Waals surface area contributed by atoms with E-state index in [1.54, 1.807) is 38.4 Å². The normalized spacial score (nSPS) is 29.8. The van der Waals surface area contributed by atoms with Crippen molar-refractivity contribution < 1.29 is 18.3 Å². The van der Waals surface area contributed by atoms with Crippen molar-refractivity contribution in [2.45, 2.75) is 51.7 Å². The molecule has 2 aromatic heterocycles. The van der Waals surface area contributed by atoms with Crippen LogP contribution in [-0.4, -0.2) is 38.0 Å². The van der Waals surface area contributed by atoms with Crippen molar-refractivity contribution >= 4 is 12.0 Å². The summed E-state index contributed by atoms with van der Waals surface area (Å²) in [7, 11) is 0. The quantitative estimate of drug-likeness (QED) is 0.481. The van der Waals surface area contributed by atoms with E-state index in [9.17, 15) is 4.79 Å². The number of alkyl halides is 2. The zero-order valence-corrected chi connectivity index (χ0v) is 20.2. The fourth-order valence-corrected chi connectivity index (χ4v) is 5.73. The molecule has 6 nitrogen and oxygen atoms in total. The highest BCUT2D eigenvalue weighted by Gasteiger charge is 2.69. The summed E-state index contributed by atoms with van der Waals surface area (Å²) >= 11 is 0. The first-order chi connectivity index (χ1) is 16.6. The van der Waals surface area contributed by atoms with E-state index in [0.717, 1.165) is 16.7 Å². The number of pyridine rings is 1. The zero-order valence-electron chi connectivity index (χ0n) is 20.2. The van der Waals surface area contributed by atoms with Gasteiger partial charge in [0, 0.05) is 36.2 Å². The number of halogens is 2. The number of aryl methyl sites for hydroxylation is 2. The van der Waals surface area contributed by atoms with Gasteiger partial charge in [0.2, 0.25) is 0 Å². The molecule has 1 saturated carbocycles. The lowest BCUT2D eigenvalue weighted by Crippen LogP contribution is -2.59. The second-order valence-corrected chi connectivity index (χ2v) is 9.81. The molecule has 5 atom stereocenters. The van der Waals surface area contributed by atoms with Gasteiger partial charge >= 0.3 is 5.97 Å². The predicted molar refractivity (Wildman–Crippen MR) is 127 cm³/mol. The fraction of sp³-hybridized carbons (Fsp3) is 0.407. The SMILES string of the molecule is Cc1cn([C@@]23CC(F)(F)[C@@H](C)[C@H](/C=C/c4ccc(-c5ccccc5C)cn4)[C@@H]2[C@@H](C)OC3=O)nn1. The Morgan fingerprint density at radius 3 is 2.57 bits per heavy atom. The number of fused-ring (bicyclic) bond motifs is 1. The maximum Gasteiger partial charge on any atom is 0.335 e. The summed E-state index contributed by atoms with van der Waals surface area (Å²) in [4.78, 5) is 17.6. The summed E-state index contributed by atoms with van der Waals surface area (Å²) in [6, 6.07) is 11.9. The van der Waals surface area contributed by atoms with Crippen LogP contribution in [0.2, 0.25) is 0 Å². The van der Waals surface area contributed by atoms with Gasteiger partial charge in [-0.15, -0.1) is 5.10 Å². The zero-order chi connectivity index (χ0) is 25.0. The molecule has 35 heavy (non-hydrogen) atoms. The van der Waals surface area contributed by atoms with Crippen molar-refractivity contribution in [1.82, 2.24) is 20.0 Å². The minimum absolute atomic E-state index is 0.520. The number of hydrogen-bond acceptors (Lipinski definition) is 5. The van der Waals surface area contributed by atoms with Crippen LogP contribution < -0.4 is 0 Å². The number of carbonyl (C=O) groups excluding carboxylic acids is 1. The summed E-state index contributed by atoms with van der Waals surface area (Å²) in [6.07, 6.45) is 5.65. The van der Waals surface area contributed by atoms with Gasteiger partial charge in [-0.05, 0) is 50.0 Å². The first kappa shape index (κ1) is 23.3. The van der Waals surface area contributed by atoms with Crippen molar-refractivity contribution in [3.63, 3.8) is 0 Å². The highest BCUT2D eigenvalue weighted by molar-refractivity contribution is 5.82. The standard InChI is InChI=1S/C27H28F2N4O2/c1-16-7-5-6-8-22(16)20-9-10-21(30-13-20)11-12-23-18(3)27(28,29)15-26(33-14-17(2)31-32-33)24(23)19(4)35-25(26)34/h5-14,18-19,23-24H,15H2,1-4H3/b12-11+/t18-,19+,23-,24-,26-/m0/s1. The van der Waals surface area contributed by atoms with Crippen molar-refractivity contribution in [2.75, 3.05) is 0 Å². The Kier molecular flexibility index (Phi) is 5.57. The Labute approximate surface area is 203 Å². The van der Waals surface area contributed by atoms with E-state index in [2.05, 4.69) is 15.3 Å². The van der Waals surface area contributed by atoms with Crippen LogP contribution in [0.1, 0.15) is 37.2 Å². The Morgan fingerprint density at radius 1 is 1.14 bits per heavy atom. The highest BCUT2D eigenvalue weighted by atomic mass is 19.3. The summed E-state index contributed by atoms with van der Waals surface area (Å²) < 4.78 is 37.7. The summed E-state index contributed by atoms with van der Waals surface area (Å²) in [6.45, 7) is 7.06. The van der Waals surface area contributed by atoms with Crippen LogP contribution in [-0.2, 0) is 15.1 Å². The van der Waals surface area contributed by atoms with E-state index in [1.807, 2.05) is 43.3 Å². The van der Waals surface area contributed by atoms with Gasteiger partial charge in [-0.2, -0.15) is 0 Å². The minimum Gasteiger partial charge on any atom is -0.460 e. The third-order valence-electron chi connectivity index (χ3n) is 7.62. The Bertz CT molecular complexity index is 1290. The van der Waals surface area contributed by atoms with E-state index in [-0.39, 0.29) is 0 Å². The number of hydrogen-bond donors (Lipinski definition) is 0. The number of esters is 1. The molecule has 0 amide bonds. The second-order valence-electron chi connectivity index (χ2n) is 9.81. The molecule has 3 aromatic rings. The summed E-state index contributed by atoms with van der Waals surface area (Å²) in [5, 5.41) is 8.01. The predicted octanol–water partition coefficient (Wildman–Crippen LogP) is 5.22. The average Bonchev–Trinajstić information content (AvgIpc) is 3.36. The van der Waals surface area contributed by atoms with Crippen molar-refractivity contribution in [1.29, 1.82) is 0 Å². The molecule has 0 unspecified atom stereocenters. The smallest absolute Gasteiger partial charge is 0.335 e. The topological polar surface area (TPSA) is 69.9 Å².